The van der Waals surface area contributed by atoms with E-state index < -0.39 is 0 Å². The highest BCUT2D eigenvalue weighted by atomic mass is 35.5. The van der Waals surface area contributed by atoms with Crippen LogP contribution in [0.15, 0.2) is 30.3 Å². The van der Waals surface area contributed by atoms with E-state index in [2.05, 4.69) is 5.10 Å². The van der Waals surface area contributed by atoms with Crippen molar-refractivity contribution in [1.29, 1.82) is 0 Å². The van der Waals surface area contributed by atoms with Crippen LogP contribution in [0.4, 0.5) is 5.82 Å². The number of nitrogens with zero attached hydrogens (tertiary/aromatic N) is 2. The molecule has 0 aliphatic heterocycles. The molecule has 3 nitrogen and oxygen atoms in total. The molecule has 1 aliphatic carbocycles. The Morgan fingerprint density at radius 2 is 1.94 bits per heavy atom. The van der Waals surface area contributed by atoms with Crippen molar-refractivity contribution in [3.05, 3.63) is 35.4 Å². The van der Waals surface area contributed by atoms with Crippen LogP contribution in [0, 0.1) is 0 Å². The molecule has 1 saturated carbocycles. The Bertz CT molecular complexity index is 556. The number of nitrogen functional groups attached to an aromatic ring is 1. The van der Waals surface area contributed by atoms with E-state index in [1.54, 1.807) is 0 Å². The minimum atomic E-state index is 0.459. The molecule has 1 aliphatic rings. The molecule has 0 saturated heterocycles. The van der Waals surface area contributed by atoms with Gasteiger partial charge in [0.2, 0.25) is 0 Å². The maximum atomic E-state index is 6.19. The smallest absolute Gasteiger partial charge is 0.122 e. The van der Waals surface area contributed by atoms with Crippen LogP contribution in [0.3, 0.4) is 0 Å². The van der Waals surface area contributed by atoms with E-state index in [1.165, 1.54) is 25.7 Å². The molecule has 2 N–H and O–H groups in total. The molecule has 1 aromatic carbocycles. The molecule has 1 aromatic heterocycles. The van der Waals surface area contributed by atoms with Gasteiger partial charge in [0.05, 0.1) is 16.8 Å². The van der Waals surface area contributed by atoms with Crippen molar-refractivity contribution in [3.8, 4) is 11.3 Å². The van der Waals surface area contributed by atoms with Gasteiger partial charge in [-0.1, -0.05) is 42.6 Å². The van der Waals surface area contributed by atoms with Gasteiger partial charge < -0.3 is 5.73 Å². The Kier molecular flexibility index (Phi) is 3.00. The van der Waals surface area contributed by atoms with Gasteiger partial charge >= 0.3 is 0 Å². The van der Waals surface area contributed by atoms with Crippen LogP contribution in [0.25, 0.3) is 11.3 Å². The first-order valence-electron chi connectivity index (χ1n) is 6.35. The highest BCUT2D eigenvalue weighted by Gasteiger charge is 2.20. The molecule has 0 amide bonds. The third-order valence-corrected chi connectivity index (χ3v) is 3.91. The topological polar surface area (TPSA) is 43.8 Å². The number of rotatable bonds is 2. The van der Waals surface area contributed by atoms with Crippen LogP contribution in [-0.4, -0.2) is 9.78 Å². The van der Waals surface area contributed by atoms with Crippen molar-refractivity contribution in [2.75, 3.05) is 5.73 Å². The lowest BCUT2D eigenvalue weighted by Crippen LogP contribution is -2.09. The van der Waals surface area contributed by atoms with Crippen LogP contribution in [0.1, 0.15) is 31.7 Å². The molecule has 18 heavy (non-hydrogen) atoms. The quantitative estimate of drug-likeness (QED) is 0.891. The molecule has 4 heteroatoms. The molecule has 0 atom stereocenters. The monoisotopic (exact) mass is 261 g/mol. The molecule has 0 radical (unpaired) electrons. The van der Waals surface area contributed by atoms with Crippen molar-refractivity contribution in [1.82, 2.24) is 9.78 Å². The second kappa shape index (κ2) is 4.65. The summed E-state index contributed by atoms with van der Waals surface area (Å²) in [4.78, 5) is 0. The zero-order valence-electron chi connectivity index (χ0n) is 10.1. The summed E-state index contributed by atoms with van der Waals surface area (Å²) in [5.74, 6) is 0.733. The molecule has 1 heterocycles. The third kappa shape index (κ3) is 1.99. The van der Waals surface area contributed by atoms with Crippen LogP contribution < -0.4 is 5.73 Å². The van der Waals surface area contributed by atoms with Gasteiger partial charge in [-0.25, -0.2) is 4.68 Å². The minimum Gasteiger partial charge on any atom is -0.384 e. The predicted octanol–water partition coefficient (Wildman–Crippen LogP) is 3.90. The maximum Gasteiger partial charge on any atom is 0.122 e. The van der Waals surface area contributed by atoms with E-state index in [0.29, 0.717) is 11.1 Å². The largest absolute Gasteiger partial charge is 0.384 e. The molecule has 3 rings (SSSR count). The summed E-state index contributed by atoms with van der Waals surface area (Å²) in [6, 6.07) is 10.1. The Morgan fingerprint density at radius 1 is 1.22 bits per heavy atom. The average molecular weight is 262 g/mol. The number of nitrogens with two attached hydrogens (primary N) is 1. The zero-order chi connectivity index (χ0) is 12.5. The second-order valence-electron chi connectivity index (χ2n) is 4.82. The summed E-state index contributed by atoms with van der Waals surface area (Å²) < 4.78 is 1.96. The van der Waals surface area contributed by atoms with Gasteiger partial charge in [0, 0.05) is 11.6 Å². The van der Waals surface area contributed by atoms with Crippen molar-refractivity contribution < 1.29 is 0 Å². The Hall–Kier alpha value is -1.48. The molecule has 94 valence electrons. The van der Waals surface area contributed by atoms with E-state index >= 15 is 0 Å². The summed E-state index contributed by atoms with van der Waals surface area (Å²) in [6.07, 6.45) is 4.89. The van der Waals surface area contributed by atoms with Gasteiger partial charge in [0.15, 0.2) is 0 Å². The Morgan fingerprint density at radius 3 is 2.67 bits per heavy atom. The minimum absolute atomic E-state index is 0.459. The van der Waals surface area contributed by atoms with Gasteiger partial charge in [-0.2, -0.15) is 5.10 Å². The first-order valence-corrected chi connectivity index (χ1v) is 6.73. The SMILES string of the molecule is Nc1cc(-c2ccccc2Cl)nn1C1CCCC1. The highest BCUT2D eigenvalue weighted by Crippen LogP contribution is 2.34. The third-order valence-electron chi connectivity index (χ3n) is 3.58. The van der Waals surface area contributed by atoms with E-state index in [4.69, 9.17) is 17.3 Å². The van der Waals surface area contributed by atoms with E-state index in [0.717, 1.165) is 17.1 Å². The van der Waals surface area contributed by atoms with Crippen molar-refractivity contribution >= 4 is 17.4 Å². The number of halogens is 1. The first kappa shape index (κ1) is 11.6. The fourth-order valence-electron chi connectivity index (χ4n) is 2.65. The van der Waals surface area contributed by atoms with Gasteiger partial charge in [-0.05, 0) is 18.9 Å². The van der Waals surface area contributed by atoms with Crippen LogP contribution in [0.2, 0.25) is 5.02 Å². The fraction of sp³-hybridized carbons (Fsp3) is 0.357. The molecule has 0 spiro atoms. The van der Waals surface area contributed by atoms with E-state index in [-0.39, 0.29) is 0 Å². The predicted molar refractivity (Wildman–Crippen MR) is 74.6 cm³/mol. The molecular formula is C14H16ClN3. The van der Waals surface area contributed by atoms with E-state index in [1.807, 2.05) is 35.0 Å². The molecular weight excluding hydrogens is 246 g/mol. The Labute approximate surface area is 112 Å². The number of benzene rings is 1. The lowest BCUT2D eigenvalue weighted by atomic mass is 10.1. The normalized spacial score (nSPS) is 16.3. The van der Waals surface area contributed by atoms with E-state index in [9.17, 15) is 0 Å². The van der Waals surface area contributed by atoms with Gasteiger partial charge in [-0.15, -0.1) is 0 Å². The highest BCUT2D eigenvalue weighted by molar-refractivity contribution is 6.33. The Balaban J connectivity index is 1.99. The number of hydrogen-bond acceptors (Lipinski definition) is 2. The summed E-state index contributed by atoms with van der Waals surface area (Å²) in [7, 11) is 0. The number of aromatic nitrogens is 2. The van der Waals surface area contributed by atoms with Crippen molar-refractivity contribution in [2.24, 2.45) is 0 Å². The molecule has 2 aromatic rings. The molecule has 0 unspecified atom stereocenters. The maximum absolute atomic E-state index is 6.19. The summed E-state index contributed by atoms with van der Waals surface area (Å²) in [5, 5.41) is 5.35. The van der Waals surface area contributed by atoms with Crippen molar-refractivity contribution in [3.63, 3.8) is 0 Å². The summed E-state index contributed by atoms with van der Waals surface area (Å²) >= 11 is 6.19. The zero-order valence-corrected chi connectivity index (χ0v) is 10.9. The van der Waals surface area contributed by atoms with Crippen LogP contribution in [0.5, 0.6) is 0 Å². The molecule has 0 bridgehead atoms. The van der Waals surface area contributed by atoms with Gasteiger partial charge in [0.1, 0.15) is 5.82 Å². The summed E-state index contributed by atoms with van der Waals surface area (Å²) in [6.45, 7) is 0. The number of hydrogen-bond donors (Lipinski definition) is 1. The number of anilines is 1. The lowest BCUT2D eigenvalue weighted by molar-refractivity contribution is 0.475. The second-order valence-corrected chi connectivity index (χ2v) is 5.22. The molecule has 1 fully saturated rings. The van der Waals surface area contributed by atoms with Crippen LogP contribution in [-0.2, 0) is 0 Å². The van der Waals surface area contributed by atoms with Crippen LogP contribution >= 0.6 is 11.6 Å². The lowest BCUT2D eigenvalue weighted by Gasteiger charge is -2.11. The summed E-state index contributed by atoms with van der Waals surface area (Å²) in [5.41, 5.74) is 7.88. The van der Waals surface area contributed by atoms with Crippen molar-refractivity contribution in [2.45, 2.75) is 31.7 Å². The van der Waals surface area contributed by atoms with Gasteiger partial charge in [0.25, 0.3) is 0 Å². The average Bonchev–Trinajstić information content (AvgIpc) is 2.98. The first-order chi connectivity index (χ1) is 8.75. The fourth-order valence-corrected chi connectivity index (χ4v) is 2.88. The standard InChI is InChI=1S/C14H16ClN3/c15-12-8-4-3-7-11(12)13-9-14(16)18(17-13)10-5-1-2-6-10/h3-4,7-10H,1-2,5-6,16H2. The van der Waals surface area contributed by atoms with Gasteiger partial charge in [-0.3, -0.25) is 0 Å².